The van der Waals surface area contributed by atoms with Crippen LogP contribution in [0.1, 0.15) is 11.1 Å². The van der Waals surface area contributed by atoms with Gasteiger partial charge in [-0.1, -0.05) is 23.7 Å². The van der Waals surface area contributed by atoms with Crippen LogP contribution in [0.25, 0.3) is 0 Å². The van der Waals surface area contributed by atoms with Crippen LogP contribution in [0.5, 0.6) is 0 Å². The molecule has 3 rings (SSSR count). The number of aromatic nitrogens is 1. The molecule has 0 aliphatic carbocycles. The molecule has 1 aromatic heterocycles. The van der Waals surface area contributed by atoms with E-state index in [1.165, 1.54) is 0 Å². The van der Waals surface area contributed by atoms with Gasteiger partial charge in [0.25, 0.3) is 0 Å². The fraction of sp³-hybridized carbons (Fsp3) is 0.350. The van der Waals surface area contributed by atoms with Crippen molar-refractivity contribution in [1.29, 1.82) is 0 Å². The molecule has 2 heterocycles. The van der Waals surface area contributed by atoms with Crippen LogP contribution >= 0.6 is 11.6 Å². The molecule has 0 radical (unpaired) electrons. The molecule has 1 aliphatic rings. The summed E-state index contributed by atoms with van der Waals surface area (Å²) in [5.74, 6) is -0.369. The van der Waals surface area contributed by atoms with Crippen molar-refractivity contribution in [2.24, 2.45) is 11.1 Å². The van der Waals surface area contributed by atoms with Gasteiger partial charge in [-0.05, 0) is 48.9 Å². The number of benzene rings is 1. The van der Waals surface area contributed by atoms with Gasteiger partial charge in [-0.3, -0.25) is 19.5 Å². The lowest BCUT2D eigenvalue weighted by atomic mass is 9.74. The number of likely N-dealkylation sites (N-methyl/N-ethyl adjacent to an activating group) is 1. The Bertz CT molecular complexity index is 804. The maximum absolute atomic E-state index is 12.5. The highest BCUT2D eigenvalue weighted by atomic mass is 35.5. The Morgan fingerprint density at radius 3 is 2.37 bits per heavy atom. The summed E-state index contributed by atoms with van der Waals surface area (Å²) in [6.07, 6.45) is 3.98. The van der Waals surface area contributed by atoms with E-state index in [-0.39, 0.29) is 18.4 Å². The summed E-state index contributed by atoms with van der Waals surface area (Å²) in [6.45, 7) is 1.66. The van der Waals surface area contributed by atoms with Gasteiger partial charge < -0.3 is 10.6 Å². The molecule has 142 valence electrons. The zero-order valence-corrected chi connectivity index (χ0v) is 16.0. The van der Waals surface area contributed by atoms with Crippen molar-refractivity contribution in [3.8, 4) is 0 Å². The van der Waals surface area contributed by atoms with Gasteiger partial charge in [0, 0.05) is 37.1 Å². The van der Waals surface area contributed by atoms with Crippen molar-refractivity contribution >= 4 is 23.4 Å². The minimum Gasteiger partial charge on any atom is -0.369 e. The summed E-state index contributed by atoms with van der Waals surface area (Å²) in [4.78, 5) is 32.2. The molecule has 1 fully saturated rings. The third kappa shape index (κ3) is 4.64. The SMILES string of the molecule is CN(CC(=O)N1CC(Cc2ccc(Cl)cc2)(C(N)=O)C1)Cc1ccncc1. The number of primary amides is 1. The number of nitrogens with zero attached hydrogens (tertiary/aromatic N) is 3. The van der Waals surface area contributed by atoms with Gasteiger partial charge in [-0.25, -0.2) is 0 Å². The minimum atomic E-state index is -0.701. The smallest absolute Gasteiger partial charge is 0.236 e. The van der Waals surface area contributed by atoms with Crippen LogP contribution in [0, 0.1) is 5.41 Å². The molecule has 1 saturated heterocycles. The number of likely N-dealkylation sites (tertiary alicyclic amines) is 1. The van der Waals surface area contributed by atoms with Crippen LogP contribution in [-0.2, 0) is 22.6 Å². The summed E-state index contributed by atoms with van der Waals surface area (Å²) in [6, 6.07) is 11.2. The lowest BCUT2D eigenvalue weighted by Crippen LogP contribution is -2.65. The van der Waals surface area contributed by atoms with Crippen molar-refractivity contribution in [1.82, 2.24) is 14.8 Å². The van der Waals surface area contributed by atoms with Gasteiger partial charge in [0.2, 0.25) is 11.8 Å². The number of hydrogen-bond acceptors (Lipinski definition) is 4. The van der Waals surface area contributed by atoms with E-state index in [2.05, 4.69) is 4.98 Å². The van der Waals surface area contributed by atoms with Gasteiger partial charge in [0.15, 0.2) is 0 Å². The molecule has 2 N–H and O–H groups in total. The van der Waals surface area contributed by atoms with Gasteiger partial charge in [-0.2, -0.15) is 0 Å². The molecule has 2 aromatic rings. The molecule has 0 atom stereocenters. The highest BCUT2D eigenvalue weighted by molar-refractivity contribution is 6.30. The Hall–Kier alpha value is -2.44. The van der Waals surface area contributed by atoms with Crippen LogP contribution in [0.15, 0.2) is 48.8 Å². The summed E-state index contributed by atoms with van der Waals surface area (Å²) < 4.78 is 0. The fourth-order valence-corrected chi connectivity index (χ4v) is 3.52. The van der Waals surface area contributed by atoms with Crippen LogP contribution in [-0.4, -0.2) is 53.3 Å². The third-order valence-electron chi connectivity index (χ3n) is 4.93. The van der Waals surface area contributed by atoms with E-state index in [0.717, 1.165) is 11.1 Å². The fourth-order valence-electron chi connectivity index (χ4n) is 3.40. The van der Waals surface area contributed by atoms with Crippen molar-refractivity contribution in [2.75, 3.05) is 26.7 Å². The molecule has 6 nitrogen and oxygen atoms in total. The molecular formula is C20H23ClN4O2. The van der Waals surface area contributed by atoms with E-state index in [0.29, 0.717) is 31.1 Å². The molecule has 0 saturated carbocycles. The van der Waals surface area contributed by atoms with Crippen LogP contribution in [0.2, 0.25) is 5.02 Å². The molecule has 0 bridgehead atoms. The topological polar surface area (TPSA) is 79.5 Å². The van der Waals surface area contributed by atoms with Crippen LogP contribution in [0.4, 0.5) is 0 Å². The first-order chi connectivity index (χ1) is 12.9. The highest BCUT2D eigenvalue weighted by Crippen LogP contribution is 2.34. The normalized spacial score (nSPS) is 15.4. The second-order valence-electron chi connectivity index (χ2n) is 7.23. The van der Waals surface area contributed by atoms with Gasteiger partial charge in [0.1, 0.15) is 0 Å². The number of nitrogens with two attached hydrogens (primary N) is 1. The average Bonchev–Trinajstić information content (AvgIpc) is 2.59. The monoisotopic (exact) mass is 386 g/mol. The molecule has 0 spiro atoms. The zero-order valence-electron chi connectivity index (χ0n) is 15.3. The summed E-state index contributed by atoms with van der Waals surface area (Å²) in [5, 5.41) is 0.648. The van der Waals surface area contributed by atoms with Gasteiger partial charge in [0.05, 0.1) is 12.0 Å². The molecular weight excluding hydrogens is 364 g/mol. The Morgan fingerprint density at radius 2 is 1.78 bits per heavy atom. The first-order valence-electron chi connectivity index (χ1n) is 8.77. The lowest BCUT2D eigenvalue weighted by molar-refractivity contribution is -0.152. The molecule has 1 aliphatic heterocycles. The lowest BCUT2D eigenvalue weighted by Gasteiger charge is -2.48. The summed E-state index contributed by atoms with van der Waals surface area (Å²) >= 11 is 5.91. The van der Waals surface area contributed by atoms with E-state index >= 15 is 0 Å². The first kappa shape index (κ1) is 19.3. The number of halogens is 1. The number of carbonyl (C=O) groups excluding carboxylic acids is 2. The van der Waals surface area contributed by atoms with E-state index in [1.807, 2.05) is 36.2 Å². The van der Waals surface area contributed by atoms with Crippen molar-refractivity contribution in [3.05, 3.63) is 64.9 Å². The zero-order chi connectivity index (χ0) is 19.4. The van der Waals surface area contributed by atoms with Gasteiger partial charge >= 0.3 is 0 Å². The second kappa shape index (κ2) is 8.06. The largest absolute Gasteiger partial charge is 0.369 e. The number of rotatable bonds is 7. The maximum atomic E-state index is 12.5. The quantitative estimate of drug-likeness (QED) is 0.785. The molecule has 2 amide bonds. The van der Waals surface area contributed by atoms with Crippen molar-refractivity contribution < 1.29 is 9.59 Å². The number of carbonyl (C=O) groups is 2. The van der Waals surface area contributed by atoms with Crippen molar-refractivity contribution in [2.45, 2.75) is 13.0 Å². The van der Waals surface area contributed by atoms with Crippen molar-refractivity contribution in [3.63, 3.8) is 0 Å². The summed E-state index contributed by atoms with van der Waals surface area (Å²) in [5.41, 5.74) is 7.04. The van der Waals surface area contributed by atoms with E-state index in [1.54, 1.807) is 29.4 Å². The molecule has 1 aromatic carbocycles. The Morgan fingerprint density at radius 1 is 1.15 bits per heavy atom. The predicted molar refractivity (Wildman–Crippen MR) is 104 cm³/mol. The Balaban J connectivity index is 1.55. The number of hydrogen-bond donors (Lipinski definition) is 1. The number of amides is 2. The maximum Gasteiger partial charge on any atom is 0.236 e. The van der Waals surface area contributed by atoms with E-state index in [4.69, 9.17) is 17.3 Å². The van der Waals surface area contributed by atoms with Crippen LogP contribution in [0.3, 0.4) is 0 Å². The average molecular weight is 387 g/mol. The van der Waals surface area contributed by atoms with E-state index in [9.17, 15) is 9.59 Å². The third-order valence-corrected chi connectivity index (χ3v) is 5.18. The highest BCUT2D eigenvalue weighted by Gasteiger charge is 2.49. The van der Waals surface area contributed by atoms with Gasteiger partial charge in [-0.15, -0.1) is 0 Å². The van der Waals surface area contributed by atoms with E-state index < -0.39 is 5.41 Å². The molecule has 27 heavy (non-hydrogen) atoms. The summed E-state index contributed by atoms with van der Waals surface area (Å²) in [7, 11) is 1.90. The molecule has 7 heteroatoms. The standard InChI is InChI=1S/C20H23ClN4O2/c1-24(11-16-6-8-23-9-7-16)12-18(26)25-13-20(14-25,19(22)27)10-15-2-4-17(21)5-3-15/h2-9H,10-14H2,1H3,(H2,22,27). The van der Waals surface area contributed by atoms with Crippen LogP contribution < -0.4 is 5.73 Å². The second-order valence-corrected chi connectivity index (χ2v) is 7.66. The number of pyridine rings is 1. The Kier molecular flexibility index (Phi) is 5.77. The first-order valence-corrected chi connectivity index (χ1v) is 9.15. The predicted octanol–water partition coefficient (Wildman–Crippen LogP) is 1.72. The minimum absolute atomic E-state index is 0.000428. The molecule has 0 unspecified atom stereocenters. The Labute approximate surface area is 163 Å².